The number of hydrogen-bond donors (Lipinski definition) is 1. The van der Waals surface area contributed by atoms with Crippen molar-refractivity contribution in [2.45, 2.75) is 33.7 Å². The predicted molar refractivity (Wildman–Crippen MR) is 48.8 cm³/mol. The zero-order chi connectivity index (χ0) is 10.6. The van der Waals surface area contributed by atoms with Crippen LogP contribution in [0.5, 0.6) is 0 Å². The summed E-state index contributed by atoms with van der Waals surface area (Å²) in [5.74, 6) is -1.49. The summed E-state index contributed by atoms with van der Waals surface area (Å²) in [7, 11) is 0. The third kappa shape index (κ3) is 4.03. The van der Waals surface area contributed by atoms with E-state index in [9.17, 15) is 9.59 Å². The quantitative estimate of drug-likeness (QED) is 0.521. The van der Waals surface area contributed by atoms with Crippen molar-refractivity contribution in [1.29, 1.82) is 0 Å². The molecule has 1 unspecified atom stereocenters. The molecule has 4 heteroatoms. The lowest BCUT2D eigenvalue weighted by atomic mass is 10.1. The lowest BCUT2D eigenvalue weighted by Gasteiger charge is -2.13. The van der Waals surface area contributed by atoms with Crippen molar-refractivity contribution in [3.05, 3.63) is 0 Å². The van der Waals surface area contributed by atoms with Crippen LogP contribution in [0.1, 0.15) is 27.7 Å². The fourth-order valence-corrected chi connectivity index (χ4v) is 0.557. The van der Waals surface area contributed by atoms with Gasteiger partial charge in [-0.3, -0.25) is 4.79 Å². The Morgan fingerprint density at radius 1 is 1.08 bits per heavy atom. The van der Waals surface area contributed by atoms with Gasteiger partial charge in [0.2, 0.25) is 0 Å². The SMILES string of the molecule is CC(C)C(=O)OC(=O)C(N)C(C)C. The number of nitrogens with two attached hydrogens (primary N) is 1. The van der Waals surface area contributed by atoms with Gasteiger partial charge in [-0.25, -0.2) is 4.79 Å². The molecule has 0 aromatic heterocycles. The second kappa shape index (κ2) is 4.97. The summed E-state index contributed by atoms with van der Waals surface area (Å²) in [5.41, 5.74) is 5.48. The van der Waals surface area contributed by atoms with Crippen molar-refractivity contribution in [3.8, 4) is 0 Å². The molecule has 1 atom stereocenters. The summed E-state index contributed by atoms with van der Waals surface area (Å²) in [6, 6.07) is -0.720. The van der Waals surface area contributed by atoms with Gasteiger partial charge >= 0.3 is 11.9 Å². The zero-order valence-corrected chi connectivity index (χ0v) is 8.53. The van der Waals surface area contributed by atoms with E-state index in [1.165, 1.54) is 0 Å². The van der Waals surface area contributed by atoms with Crippen LogP contribution in [0, 0.1) is 11.8 Å². The summed E-state index contributed by atoms with van der Waals surface area (Å²) in [6.07, 6.45) is 0. The first kappa shape index (κ1) is 12.1. The van der Waals surface area contributed by atoms with Gasteiger partial charge in [-0.1, -0.05) is 27.7 Å². The topological polar surface area (TPSA) is 69.4 Å². The second-order valence-electron chi connectivity index (χ2n) is 3.66. The lowest BCUT2D eigenvalue weighted by Crippen LogP contribution is -2.38. The standard InChI is InChI=1S/C9H17NO3/c1-5(2)7(10)9(12)13-8(11)6(3)4/h5-7H,10H2,1-4H3. The van der Waals surface area contributed by atoms with Gasteiger partial charge in [0.05, 0.1) is 5.92 Å². The molecule has 0 heterocycles. The molecule has 0 amide bonds. The van der Waals surface area contributed by atoms with Gasteiger partial charge in [-0.2, -0.15) is 0 Å². The van der Waals surface area contributed by atoms with Crippen LogP contribution in [-0.2, 0) is 14.3 Å². The van der Waals surface area contributed by atoms with Crippen LogP contribution in [0.3, 0.4) is 0 Å². The van der Waals surface area contributed by atoms with E-state index in [1.54, 1.807) is 27.7 Å². The lowest BCUT2D eigenvalue weighted by molar-refractivity contribution is -0.163. The minimum Gasteiger partial charge on any atom is -0.392 e. The van der Waals surface area contributed by atoms with E-state index in [-0.39, 0.29) is 11.8 Å². The first-order chi connectivity index (χ1) is 5.86. The molecule has 0 rings (SSSR count). The molecule has 4 nitrogen and oxygen atoms in total. The molecule has 0 aliphatic heterocycles. The molecule has 0 aromatic carbocycles. The Bertz CT molecular complexity index is 199. The summed E-state index contributed by atoms with van der Waals surface area (Å²) in [6.45, 7) is 6.92. The van der Waals surface area contributed by atoms with Crippen molar-refractivity contribution < 1.29 is 14.3 Å². The van der Waals surface area contributed by atoms with Crippen LogP contribution in [0.2, 0.25) is 0 Å². The Balaban J connectivity index is 4.08. The van der Waals surface area contributed by atoms with Gasteiger partial charge in [0.15, 0.2) is 0 Å². The smallest absolute Gasteiger partial charge is 0.330 e. The highest BCUT2D eigenvalue weighted by Crippen LogP contribution is 2.03. The first-order valence-corrected chi connectivity index (χ1v) is 4.37. The molecule has 0 fully saturated rings. The number of rotatable bonds is 3. The summed E-state index contributed by atoms with van der Waals surface area (Å²) in [5, 5.41) is 0. The normalized spacial score (nSPS) is 13.2. The third-order valence-corrected chi connectivity index (χ3v) is 1.66. The molecule has 0 saturated carbocycles. The molecule has 0 saturated heterocycles. The Morgan fingerprint density at radius 3 is 1.85 bits per heavy atom. The molecule has 76 valence electrons. The van der Waals surface area contributed by atoms with E-state index >= 15 is 0 Å². The highest BCUT2D eigenvalue weighted by molar-refractivity contribution is 5.89. The largest absolute Gasteiger partial charge is 0.392 e. The van der Waals surface area contributed by atoms with Crippen molar-refractivity contribution in [2.75, 3.05) is 0 Å². The maximum absolute atomic E-state index is 11.1. The minimum absolute atomic E-state index is 0.0209. The van der Waals surface area contributed by atoms with E-state index in [2.05, 4.69) is 4.74 Å². The fourth-order valence-electron chi connectivity index (χ4n) is 0.557. The van der Waals surface area contributed by atoms with E-state index in [0.29, 0.717) is 0 Å². The minimum atomic E-state index is -0.720. The van der Waals surface area contributed by atoms with Gasteiger partial charge in [-0.05, 0) is 5.92 Å². The van der Waals surface area contributed by atoms with Crippen LogP contribution in [0.15, 0.2) is 0 Å². The molecule has 13 heavy (non-hydrogen) atoms. The molecule has 0 aliphatic carbocycles. The summed E-state index contributed by atoms with van der Waals surface area (Å²) < 4.78 is 4.53. The summed E-state index contributed by atoms with van der Waals surface area (Å²) in [4.78, 5) is 22.1. The molecular formula is C9H17NO3. The van der Waals surface area contributed by atoms with E-state index < -0.39 is 18.0 Å². The average Bonchev–Trinajstić information content (AvgIpc) is 2.02. The predicted octanol–water partition coefficient (Wildman–Crippen LogP) is 0.695. The van der Waals surface area contributed by atoms with Gasteiger partial charge in [-0.15, -0.1) is 0 Å². The maximum atomic E-state index is 11.1. The van der Waals surface area contributed by atoms with E-state index in [1.807, 2.05) is 0 Å². The first-order valence-electron chi connectivity index (χ1n) is 4.37. The number of carbonyl (C=O) groups excluding carboxylic acids is 2. The Labute approximate surface area is 78.4 Å². The Hall–Kier alpha value is -0.900. The Kier molecular flexibility index (Phi) is 4.62. The van der Waals surface area contributed by atoms with Crippen molar-refractivity contribution in [3.63, 3.8) is 0 Å². The third-order valence-electron chi connectivity index (χ3n) is 1.66. The van der Waals surface area contributed by atoms with Gasteiger partial charge in [0, 0.05) is 0 Å². The molecular weight excluding hydrogens is 170 g/mol. The van der Waals surface area contributed by atoms with Gasteiger partial charge < -0.3 is 10.5 Å². The molecule has 0 aliphatic rings. The number of carbonyl (C=O) groups is 2. The number of hydrogen-bond acceptors (Lipinski definition) is 4. The van der Waals surface area contributed by atoms with Crippen LogP contribution in [0.4, 0.5) is 0 Å². The van der Waals surface area contributed by atoms with Crippen LogP contribution >= 0.6 is 0 Å². The molecule has 2 N–H and O–H groups in total. The monoisotopic (exact) mass is 187 g/mol. The van der Waals surface area contributed by atoms with E-state index in [4.69, 9.17) is 5.73 Å². The maximum Gasteiger partial charge on any atom is 0.330 e. The molecule has 0 spiro atoms. The highest BCUT2D eigenvalue weighted by atomic mass is 16.6. The van der Waals surface area contributed by atoms with Crippen molar-refractivity contribution >= 4 is 11.9 Å². The second-order valence-corrected chi connectivity index (χ2v) is 3.66. The van der Waals surface area contributed by atoms with Crippen molar-refractivity contribution in [1.82, 2.24) is 0 Å². The highest BCUT2D eigenvalue weighted by Gasteiger charge is 2.22. The molecule has 0 bridgehead atoms. The molecule has 0 aromatic rings. The van der Waals surface area contributed by atoms with Crippen LogP contribution < -0.4 is 5.73 Å². The summed E-state index contributed by atoms with van der Waals surface area (Å²) >= 11 is 0. The van der Waals surface area contributed by atoms with Gasteiger partial charge in [0.1, 0.15) is 6.04 Å². The number of esters is 2. The fraction of sp³-hybridized carbons (Fsp3) is 0.778. The zero-order valence-electron chi connectivity index (χ0n) is 8.53. The molecule has 0 radical (unpaired) electrons. The van der Waals surface area contributed by atoms with Gasteiger partial charge in [0.25, 0.3) is 0 Å². The number of ether oxygens (including phenoxy) is 1. The average molecular weight is 187 g/mol. The van der Waals surface area contributed by atoms with Crippen LogP contribution in [0.25, 0.3) is 0 Å². The Morgan fingerprint density at radius 2 is 1.54 bits per heavy atom. The van der Waals surface area contributed by atoms with Crippen LogP contribution in [-0.4, -0.2) is 18.0 Å². The van der Waals surface area contributed by atoms with E-state index in [0.717, 1.165) is 0 Å². The van der Waals surface area contributed by atoms with Crippen molar-refractivity contribution in [2.24, 2.45) is 17.6 Å².